The number of aromatic nitrogens is 2. The van der Waals surface area contributed by atoms with E-state index in [0.29, 0.717) is 22.5 Å². The lowest BCUT2D eigenvalue weighted by atomic mass is 10.2. The molecule has 2 aromatic carbocycles. The molecule has 1 aromatic heterocycles. The molecule has 0 bridgehead atoms. The molecule has 0 N–H and O–H groups in total. The minimum Gasteiger partial charge on any atom is -0.294 e. The third kappa shape index (κ3) is 2.42. The largest absolute Gasteiger partial charge is 0.294 e. The van der Waals surface area contributed by atoms with Crippen LogP contribution in [-0.2, 0) is 6.54 Å². The summed E-state index contributed by atoms with van der Waals surface area (Å²) in [6.07, 6.45) is 1.48. The Kier molecular flexibility index (Phi) is 3.24. The Morgan fingerprint density at radius 3 is 2.65 bits per heavy atom. The van der Waals surface area contributed by atoms with Gasteiger partial charge in [0, 0.05) is 5.02 Å². The van der Waals surface area contributed by atoms with Crippen LogP contribution >= 0.6 is 11.6 Å². The molecule has 0 radical (unpaired) electrons. The van der Waals surface area contributed by atoms with Crippen molar-refractivity contribution in [1.82, 2.24) is 9.55 Å². The van der Waals surface area contributed by atoms with Gasteiger partial charge in [0.05, 0.1) is 23.8 Å². The van der Waals surface area contributed by atoms with Gasteiger partial charge in [0.1, 0.15) is 5.82 Å². The molecule has 100 valence electrons. The Balaban J connectivity index is 2.04. The number of halogens is 2. The topological polar surface area (TPSA) is 34.9 Å². The van der Waals surface area contributed by atoms with Crippen molar-refractivity contribution < 1.29 is 4.39 Å². The van der Waals surface area contributed by atoms with Gasteiger partial charge in [-0.1, -0.05) is 23.7 Å². The van der Waals surface area contributed by atoms with E-state index in [1.807, 2.05) is 0 Å². The Labute approximate surface area is 119 Å². The maximum absolute atomic E-state index is 12.9. The van der Waals surface area contributed by atoms with Gasteiger partial charge in [-0.15, -0.1) is 0 Å². The van der Waals surface area contributed by atoms with Gasteiger partial charge in [-0.2, -0.15) is 0 Å². The van der Waals surface area contributed by atoms with Gasteiger partial charge in [0.15, 0.2) is 0 Å². The van der Waals surface area contributed by atoms with Gasteiger partial charge in [0.25, 0.3) is 5.56 Å². The van der Waals surface area contributed by atoms with Crippen LogP contribution in [0.5, 0.6) is 0 Å². The first-order valence-electron chi connectivity index (χ1n) is 6.02. The van der Waals surface area contributed by atoms with Crippen LogP contribution < -0.4 is 5.56 Å². The fraction of sp³-hybridized carbons (Fsp3) is 0.0667. The Morgan fingerprint density at radius 2 is 1.90 bits per heavy atom. The van der Waals surface area contributed by atoms with Gasteiger partial charge in [-0.05, 0) is 35.9 Å². The van der Waals surface area contributed by atoms with Crippen LogP contribution in [0.4, 0.5) is 4.39 Å². The van der Waals surface area contributed by atoms with Crippen LogP contribution in [0.2, 0.25) is 5.02 Å². The fourth-order valence-electron chi connectivity index (χ4n) is 2.03. The zero-order valence-electron chi connectivity index (χ0n) is 10.4. The van der Waals surface area contributed by atoms with Crippen LogP contribution in [0, 0.1) is 5.82 Å². The summed E-state index contributed by atoms with van der Waals surface area (Å²) in [5, 5.41) is 1.06. The average molecular weight is 289 g/mol. The molecule has 1 heterocycles. The molecule has 0 unspecified atom stereocenters. The maximum Gasteiger partial charge on any atom is 0.261 e. The number of hydrogen-bond donors (Lipinski definition) is 0. The third-order valence-electron chi connectivity index (χ3n) is 3.05. The highest BCUT2D eigenvalue weighted by molar-refractivity contribution is 6.31. The molecule has 5 heteroatoms. The number of nitrogens with zero attached hydrogens (tertiary/aromatic N) is 2. The molecule has 0 saturated carbocycles. The first-order valence-corrected chi connectivity index (χ1v) is 6.40. The molecule has 0 aliphatic heterocycles. The molecule has 3 nitrogen and oxygen atoms in total. The Morgan fingerprint density at radius 1 is 1.15 bits per heavy atom. The van der Waals surface area contributed by atoms with Crippen LogP contribution in [0.15, 0.2) is 53.6 Å². The van der Waals surface area contributed by atoms with E-state index < -0.39 is 0 Å². The lowest BCUT2D eigenvalue weighted by Crippen LogP contribution is -2.21. The molecule has 0 atom stereocenters. The van der Waals surface area contributed by atoms with Crippen LogP contribution in [0.25, 0.3) is 10.9 Å². The van der Waals surface area contributed by atoms with Gasteiger partial charge in [0.2, 0.25) is 0 Å². The van der Waals surface area contributed by atoms with Gasteiger partial charge in [-0.3, -0.25) is 9.36 Å². The molecule has 0 amide bonds. The van der Waals surface area contributed by atoms with Crippen molar-refractivity contribution in [3.05, 3.63) is 75.5 Å². The number of benzene rings is 2. The second-order valence-corrected chi connectivity index (χ2v) is 4.90. The van der Waals surface area contributed by atoms with Crippen molar-refractivity contribution in [1.29, 1.82) is 0 Å². The maximum atomic E-state index is 12.9. The summed E-state index contributed by atoms with van der Waals surface area (Å²) in [7, 11) is 0. The second kappa shape index (κ2) is 5.06. The lowest BCUT2D eigenvalue weighted by molar-refractivity contribution is 0.626. The van der Waals surface area contributed by atoms with E-state index in [0.717, 1.165) is 5.56 Å². The Hall–Kier alpha value is -2.20. The van der Waals surface area contributed by atoms with Crippen molar-refractivity contribution >= 4 is 22.5 Å². The van der Waals surface area contributed by atoms with E-state index in [-0.39, 0.29) is 11.4 Å². The monoisotopic (exact) mass is 288 g/mol. The molecule has 3 aromatic rings. The van der Waals surface area contributed by atoms with E-state index in [2.05, 4.69) is 4.98 Å². The lowest BCUT2D eigenvalue weighted by Gasteiger charge is -2.07. The summed E-state index contributed by atoms with van der Waals surface area (Å²) >= 11 is 5.87. The van der Waals surface area contributed by atoms with E-state index in [1.165, 1.54) is 23.0 Å². The number of fused-ring (bicyclic) bond motifs is 1. The zero-order chi connectivity index (χ0) is 14.1. The van der Waals surface area contributed by atoms with Crippen molar-refractivity contribution in [3.8, 4) is 0 Å². The normalized spacial score (nSPS) is 10.9. The third-order valence-corrected chi connectivity index (χ3v) is 3.29. The van der Waals surface area contributed by atoms with Crippen LogP contribution in [0.1, 0.15) is 5.56 Å². The molecule has 20 heavy (non-hydrogen) atoms. The highest BCUT2D eigenvalue weighted by Gasteiger charge is 2.05. The van der Waals surface area contributed by atoms with Crippen molar-refractivity contribution in [2.75, 3.05) is 0 Å². The average Bonchev–Trinajstić information content (AvgIpc) is 2.44. The highest BCUT2D eigenvalue weighted by Crippen LogP contribution is 2.14. The summed E-state index contributed by atoms with van der Waals surface area (Å²) in [5.74, 6) is -0.299. The summed E-state index contributed by atoms with van der Waals surface area (Å²) in [4.78, 5) is 16.5. The zero-order valence-corrected chi connectivity index (χ0v) is 11.1. The summed E-state index contributed by atoms with van der Waals surface area (Å²) in [6, 6.07) is 11.0. The minimum atomic E-state index is -0.299. The summed E-state index contributed by atoms with van der Waals surface area (Å²) < 4.78 is 14.3. The highest BCUT2D eigenvalue weighted by atomic mass is 35.5. The van der Waals surface area contributed by atoms with Crippen molar-refractivity contribution in [3.63, 3.8) is 0 Å². The predicted octanol–water partition coefficient (Wildman–Crippen LogP) is 3.24. The van der Waals surface area contributed by atoms with Crippen LogP contribution in [-0.4, -0.2) is 9.55 Å². The first kappa shape index (κ1) is 12.8. The molecular formula is C15H10ClFN2O. The number of rotatable bonds is 2. The van der Waals surface area contributed by atoms with E-state index in [1.54, 1.807) is 30.3 Å². The van der Waals surface area contributed by atoms with Gasteiger partial charge >= 0.3 is 0 Å². The molecule has 0 saturated heterocycles. The number of hydrogen-bond acceptors (Lipinski definition) is 2. The first-order chi connectivity index (χ1) is 9.63. The van der Waals surface area contributed by atoms with Crippen LogP contribution in [0.3, 0.4) is 0 Å². The predicted molar refractivity (Wildman–Crippen MR) is 76.5 cm³/mol. The molecule has 0 aliphatic carbocycles. The smallest absolute Gasteiger partial charge is 0.261 e. The fourth-order valence-corrected chi connectivity index (χ4v) is 2.20. The van der Waals surface area contributed by atoms with E-state index >= 15 is 0 Å². The Bertz CT molecular complexity index is 827. The molecule has 0 spiro atoms. The summed E-state index contributed by atoms with van der Waals surface area (Å²) in [5.41, 5.74) is 1.26. The van der Waals surface area contributed by atoms with Crippen molar-refractivity contribution in [2.45, 2.75) is 6.54 Å². The van der Waals surface area contributed by atoms with Gasteiger partial charge in [-0.25, -0.2) is 9.37 Å². The molecule has 0 aliphatic rings. The molecule has 3 rings (SSSR count). The molecular weight excluding hydrogens is 279 g/mol. The van der Waals surface area contributed by atoms with E-state index in [9.17, 15) is 9.18 Å². The standard InChI is InChI=1S/C15H10ClFN2O/c16-11-3-6-13-14(7-11)18-9-19(15(13)20)8-10-1-4-12(17)5-2-10/h1-7,9H,8H2. The van der Waals surface area contributed by atoms with Crippen molar-refractivity contribution in [2.24, 2.45) is 0 Å². The van der Waals surface area contributed by atoms with E-state index in [4.69, 9.17) is 11.6 Å². The molecule has 0 fully saturated rings. The SMILES string of the molecule is O=c1c2ccc(Cl)cc2ncn1Cc1ccc(F)cc1. The van der Waals surface area contributed by atoms with Gasteiger partial charge < -0.3 is 0 Å². The second-order valence-electron chi connectivity index (χ2n) is 4.47. The minimum absolute atomic E-state index is 0.143. The summed E-state index contributed by atoms with van der Waals surface area (Å²) in [6.45, 7) is 0.352. The quantitative estimate of drug-likeness (QED) is 0.725.